The molecular weight excluding hydrogens is 719 g/mol. The summed E-state index contributed by atoms with van der Waals surface area (Å²) >= 11 is 0. The quantitative estimate of drug-likeness (QED) is 0.0245. The molecule has 0 bridgehead atoms. The van der Waals surface area contributed by atoms with Crippen molar-refractivity contribution in [2.45, 2.75) is 231 Å². The molecule has 0 aliphatic carbocycles. The van der Waals surface area contributed by atoms with Crippen LogP contribution in [0.3, 0.4) is 0 Å². The van der Waals surface area contributed by atoms with E-state index in [9.17, 15) is 19.4 Å². The number of amides is 1. The maximum atomic E-state index is 12.9. The van der Waals surface area contributed by atoms with Gasteiger partial charge in [0.05, 0.1) is 39.9 Å². The molecule has 3 N–H and O–H groups in total. The summed E-state index contributed by atoms with van der Waals surface area (Å²) in [5, 5.41) is 13.9. The largest absolute Gasteiger partial charge is 0.472 e. The number of aliphatic hydroxyl groups excluding tert-OH is 1. The zero-order chi connectivity index (χ0) is 41.4. The summed E-state index contributed by atoms with van der Waals surface area (Å²) < 4.78 is 23.6. The van der Waals surface area contributed by atoms with Crippen molar-refractivity contribution < 1.29 is 32.9 Å². The second kappa shape index (κ2) is 39.4. The number of allylic oxidation sites excluding steroid dienone is 3. The van der Waals surface area contributed by atoms with Gasteiger partial charge in [-0.05, 0) is 44.9 Å². The van der Waals surface area contributed by atoms with Crippen molar-refractivity contribution in [1.82, 2.24) is 5.32 Å². The number of likely N-dealkylation sites (N-methyl/N-ethyl adjacent to an activating group) is 1. The first kappa shape index (κ1) is 55.0. The average Bonchev–Trinajstić information content (AvgIpc) is 3.15. The minimum atomic E-state index is -4.34. The van der Waals surface area contributed by atoms with Crippen LogP contribution in [0.5, 0.6) is 0 Å². The molecule has 3 unspecified atom stereocenters. The number of hydrogen-bond donors (Lipinski definition) is 3. The lowest BCUT2D eigenvalue weighted by Gasteiger charge is -2.25. The predicted molar refractivity (Wildman–Crippen MR) is 240 cm³/mol. The van der Waals surface area contributed by atoms with Crippen molar-refractivity contribution in [3.8, 4) is 0 Å². The second-order valence-corrected chi connectivity index (χ2v) is 18.9. The summed E-state index contributed by atoms with van der Waals surface area (Å²) in [7, 11) is 1.57. The van der Waals surface area contributed by atoms with Gasteiger partial charge in [-0.2, -0.15) is 0 Å². The third-order valence-corrected chi connectivity index (χ3v) is 11.6. The van der Waals surface area contributed by atoms with E-state index in [4.69, 9.17) is 9.05 Å². The smallest absolute Gasteiger partial charge is 0.387 e. The van der Waals surface area contributed by atoms with Gasteiger partial charge in [-0.25, -0.2) is 4.57 Å². The summed E-state index contributed by atoms with van der Waals surface area (Å²) in [4.78, 5) is 23.1. The van der Waals surface area contributed by atoms with Crippen molar-refractivity contribution in [3.05, 3.63) is 24.3 Å². The Morgan fingerprint density at radius 3 is 1.39 bits per heavy atom. The first-order chi connectivity index (χ1) is 27.0. The molecule has 1 amide bonds. The van der Waals surface area contributed by atoms with Gasteiger partial charge in [0.1, 0.15) is 13.2 Å². The van der Waals surface area contributed by atoms with Crippen LogP contribution in [0.15, 0.2) is 24.3 Å². The summed E-state index contributed by atoms with van der Waals surface area (Å²) in [6.45, 7) is 4.81. The molecule has 0 aliphatic heterocycles. The highest BCUT2D eigenvalue weighted by Crippen LogP contribution is 2.43. The summed E-state index contributed by atoms with van der Waals surface area (Å²) in [6.07, 6.45) is 46.7. The lowest BCUT2D eigenvalue weighted by molar-refractivity contribution is -0.870. The number of carbonyl (C=O) groups excluding carboxylic acids is 1. The van der Waals surface area contributed by atoms with E-state index in [1.165, 1.54) is 161 Å². The minimum absolute atomic E-state index is 0.0619. The zero-order valence-corrected chi connectivity index (χ0v) is 38.5. The molecular formula is C47H94N2O6P+. The van der Waals surface area contributed by atoms with E-state index in [-0.39, 0.29) is 19.1 Å². The van der Waals surface area contributed by atoms with Crippen LogP contribution in [0.4, 0.5) is 0 Å². The van der Waals surface area contributed by atoms with E-state index < -0.39 is 20.0 Å². The third kappa shape index (κ3) is 41.2. The summed E-state index contributed by atoms with van der Waals surface area (Å²) in [5.74, 6) is -0.181. The predicted octanol–water partition coefficient (Wildman–Crippen LogP) is 13.3. The number of quaternary nitrogens is 1. The Morgan fingerprint density at radius 2 is 0.964 bits per heavy atom. The highest BCUT2D eigenvalue weighted by molar-refractivity contribution is 7.47. The first-order valence-corrected chi connectivity index (χ1v) is 25.2. The Kier molecular flexibility index (Phi) is 38.7. The van der Waals surface area contributed by atoms with E-state index in [1.54, 1.807) is 6.08 Å². The van der Waals surface area contributed by atoms with Crippen LogP contribution < -0.4 is 5.32 Å². The van der Waals surface area contributed by atoms with Crippen molar-refractivity contribution in [2.75, 3.05) is 40.9 Å². The highest BCUT2D eigenvalue weighted by Gasteiger charge is 2.27. The molecule has 0 heterocycles. The molecule has 9 heteroatoms. The molecule has 56 heavy (non-hydrogen) atoms. The van der Waals surface area contributed by atoms with E-state index >= 15 is 0 Å². The molecule has 0 radical (unpaired) electrons. The lowest BCUT2D eigenvalue weighted by Crippen LogP contribution is -2.45. The normalized spacial score (nSPS) is 14.5. The van der Waals surface area contributed by atoms with Crippen molar-refractivity contribution >= 4 is 13.7 Å². The van der Waals surface area contributed by atoms with Gasteiger partial charge in [0.15, 0.2) is 0 Å². The van der Waals surface area contributed by atoms with Crippen LogP contribution in [-0.4, -0.2) is 73.4 Å². The zero-order valence-electron chi connectivity index (χ0n) is 37.6. The van der Waals surface area contributed by atoms with Crippen molar-refractivity contribution in [2.24, 2.45) is 0 Å². The minimum Gasteiger partial charge on any atom is -0.387 e. The van der Waals surface area contributed by atoms with Gasteiger partial charge in [-0.3, -0.25) is 13.8 Å². The standard InChI is InChI=1S/C47H93N2O6P/c1-6-8-10-12-14-16-18-20-22-23-24-25-27-28-30-32-34-36-38-40-46(50)45(44-55-56(52,53)54-43-42-49(3,4)5)48-47(51)41-39-37-35-33-31-29-26-21-19-17-15-13-11-9-7-2/h17,19,38,40,45-46,50H,6-16,18,20-37,39,41-44H2,1-5H3,(H-,48,51,52,53)/p+1/b19-17-,40-38+. The molecule has 0 saturated heterocycles. The maximum absolute atomic E-state index is 12.9. The number of unbranched alkanes of at least 4 members (excludes halogenated alkanes) is 28. The monoisotopic (exact) mass is 814 g/mol. The number of phosphoric ester groups is 1. The molecule has 3 atom stereocenters. The van der Waals surface area contributed by atoms with Crippen molar-refractivity contribution in [3.63, 3.8) is 0 Å². The molecule has 0 saturated carbocycles. The number of rotatable bonds is 43. The van der Waals surface area contributed by atoms with Crippen molar-refractivity contribution in [1.29, 1.82) is 0 Å². The molecule has 0 aromatic rings. The fourth-order valence-corrected chi connectivity index (χ4v) is 7.60. The molecule has 0 aliphatic rings. The van der Waals surface area contributed by atoms with Gasteiger partial charge in [0.2, 0.25) is 5.91 Å². The number of nitrogens with zero attached hydrogens (tertiary/aromatic N) is 1. The van der Waals surface area contributed by atoms with Crippen LogP contribution in [0.1, 0.15) is 219 Å². The van der Waals surface area contributed by atoms with Crippen LogP contribution in [0.25, 0.3) is 0 Å². The van der Waals surface area contributed by atoms with E-state index in [0.29, 0.717) is 17.4 Å². The first-order valence-electron chi connectivity index (χ1n) is 23.7. The third-order valence-electron chi connectivity index (χ3n) is 10.7. The van der Waals surface area contributed by atoms with Gasteiger partial charge < -0.3 is 19.8 Å². The SMILES string of the molecule is CCCCCC/C=C\CCCCCCCCCC(=O)NC(COP(=O)(O)OCC[N+](C)(C)C)C(O)/C=C/CCCCCCCCCCCCCCCCCCC. The van der Waals surface area contributed by atoms with E-state index in [2.05, 4.69) is 31.3 Å². The number of hydrogen-bond acceptors (Lipinski definition) is 5. The molecule has 0 aromatic carbocycles. The Labute approximate surface area is 347 Å². The van der Waals surface area contributed by atoms with Gasteiger partial charge >= 0.3 is 7.82 Å². The van der Waals surface area contributed by atoms with Gasteiger partial charge in [0, 0.05) is 6.42 Å². The average molecular weight is 814 g/mol. The van der Waals surface area contributed by atoms with E-state index in [0.717, 1.165) is 38.5 Å². The van der Waals surface area contributed by atoms with Crippen LogP contribution >= 0.6 is 7.82 Å². The Hall–Kier alpha value is -1.02. The fraction of sp³-hybridized carbons (Fsp3) is 0.894. The Balaban J connectivity index is 4.37. The second-order valence-electron chi connectivity index (χ2n) is 17.5. The molecule has 0 aromatic heterocycles. The molecule has 0 fully saturated rings. The van der Waals surface area contributed by atoms with Crippen LogP contribution in [0.2, 0.25) is 0 Å². The summed E-state index contributed by atoms with van der Waals surface area (Å²) in [5.41, 5.74) is 0. The fourth-order valence-electron chi connectivity index (χ4n) is 6.86. The Morgan fingerprint density at radius 1 is 0.589 bits per heavy atom. The van der Waals surface area contributed by atoms with Gasteiger partial charge in [0.25, 0.3) is 0 Å². The number of aliphatic hydroxyl groups is 1. The van der Waals surface area contributed by atoms with Gasteiger partial charge in [-0.1, -0.05) is 192 Å². The number of nitrogens with one attached hydrogen (secondary N) is 1. The molecule has 332 valence electrons. The van der Waals surface area contributed by atoms with Crippen LogP contribution in [-0.2, 0) is 18.4 Å². The maximum Gasteiger partial charge on any atom is 0.472 e. The summed E-state index contributed by atoms with van der Waals surface area (Å²) in [6, 6.07) is -0.845. The lowest BCUT2D eigenvalue weighted by atomic mass is 10.0. The van der Waals surface area contributed by atoms with Crippen LogP contribution in [0, 0.1) is 0 Å². The number of phosphoric acid groups is 1. The van der Waals surface area contributed by atoms with Gasteiger partial charge in [-0.15, -0.1) is 0 Å². The molecule has 0 spiro atoms. The number of carbonyl (C=O) groups is 1. The molecule has 8 nitrogen and oxygen atoms in total. The molecule has 0 rings (SSSR count). The van der Waals surface area contributed by atoms with E-state index in [1.807, 2.05) is 27.2 Å². The Bertz CT molecular complexity index is 969. The highest BCUT2D eigenvalue weighted by atomic mass is 31.2. The topological polar surface area (TPSA) is 105 Å².